The fraction of sp³-hybridized carbons (Fsp3) is 0.417. The molecule has 96 valence electrons. The number of rotatable bonds is 4. The van der Waals surface area contributed by atoms with Crippen molar-refractivity contribution in [1.82, 2.24) is 5.43 Å². The Morgan fingerprint density at radius 2 is 2.11 bits per heavy atom. The first-order valence-corrected chi connectivity index (χ1v) is 6.68. The van der Waals surface area contributed by atoms with Gasteiger partial charge >= 0.3 is 0 Å². The Hall–Kier alpha value is -1.43. The number of non-ortho nitro benzene ring substituents is 1. The maximum atomic E-state index is 10.5. The van der Waals surface area contributed by atoms with Gasteiger partial charge in [-0.1, -0.05) is 15.9 Å². The summed E-state index contributed by atoms with van der Waals surface area (Å²) in [6, 6.07) is 6.80. The van der Waals surface area contributed by atoms with E-state index in [4.69, 9.17) is 0 Å². The van der Waals surface area contributed by atoms with Gasteiger partial charge in [-0.15, -0.1) is 0 Å². The van der Waals surface area contributed by atoms with E-state index in [1.54, 1.807) is 12.1 Å². The summed E-state index contributed by atoms with van der Waals surface area (Å²) in [6.07, 6.45) is 2.29. The van der Waals surface area contributed by atoms with Crippen molar-refractivity contribution in [2.75, 3.05) is 0 Å². The van der Waals surface area contributed by atoms with Crippen LogP contribution in [0.2, 0.25) is 0 Å². The number of nitrogens with one attached hydrogen (secondary N) is 1. The molecule has 0 aliphatic heterocycles. The first kappa shape index (κ1) is 13.0. The van der Waals surface area contributed by atoms with E-state index in [-0.39, 0.29) is 5.69 Å². The number of benzene rings is 1. The largest absolute Gasteiger partial charge is 0.306 e. The molecule has 1 aromatic rings. The van der Waals surface area contributed by atoms with Crippen LogP contribution in [0.4, 0.5) is 5.69 Å². The first-order valence-electron chi connectivity index (χ1n) is 5.76. The van der Waals surface area contributed by atoms with Gasteiger partial charge in [0.1, 0.15) is 0 Å². The highest BCUT2D eigenvalue weighted by molar-refractivity contribution is 9.09. The molecule has 0 spiro atoms. The van der Waals surface area contributed by atoms with Crippen molar-refractivity contribution in [2.24, 2.45) is 5.10 Å². The number of alkyl halides is 1. The monoisotopic (exact) mass is 311 g/mol. The number of hydrogen-bond donors (Lipinski definition) is 1. The number of nitro groups is 1. The molecule has 1 aliphatic rings. The van der Waals surface area contributed by atoms with E-state index in [1.807, 2.05) is 6.92 Å². The lowest BCUT2D eigenvalue weighted by molar-refractivity contribution is -0.384. The standard InChI is InChI=1S/C12H14BrN3O2/c1-8(14-15-12-7-6-11(12)13)9-2-4-10(5-3-9)16(17)18/h2-5,11-12,15H,6-7H2,1H3/b14-8-/t11?,12-/m1/s1. The highest BCUT2D eigenvalue weighted by atomic mass is 79.9. The zero-order valence-corrected chi connectivity index (χ0v) is 11.6. The summed E-state index contributed by atoms with van der Waals surface area (Å²) in [7, 11) is 0. The second kappa shape index (κ2) is 5.48. The Kier molecular flexibility index (Phi) is 3.96. The van der Waals surface area contributed by atoms with Gasteiger partial charge in [-0.05, 0) is 37.5 Å². The SMILES string of the molecule is C/C(=N/N[C@@H]1CCC1Br)c1ccc([N+](=O)[O-])cc1. The maximum Gasteiger partial charge on any atom is 0.269 e. The molecule has 6 heteroatoms. The molecule has 0 aromatic heterocycles. The van der Waals surface area contributed by atoms with Crippen LogP contribution in [0.5, 0.6) is 0 Å². The van der Waals surface area contributed by atoms with Gasteiger partial charge in [0.15, 0.2) is 0 Å². The molecular weight excluding hydrogens is 298 g/mol. The van der Waals surface area contributed by atoms with Crippen LogP contribution in [0.3, 0.4) is 0 Å². The first-order chi connectivity index (χ1) is 8.58. The molecule has 1 aliphatic carbocycles. The van der Waals surface area contributed by atoms with Crippen molar-refractivity contribution in [2.45, 2.75) is 30.6 Å². The van der Waals surface area contributed by atoms with Crippen LogP contribution in [0, 0.1) is 10.1 Å². The molecule has 2 rings (SSSR count). The molecule has 18 heavy (non-hydrogen) atoms. The summed E-state index contributed by atoms with van der Waals surface area (Å²) in [5, 5.41) is 14.8. The van der Waals surface area contributed by atoms with Crippen molar-refractivity contribution in [3.05, 3.63) is 39.9 Å². The quantitative estimate of drug-likeness (QED) is 0.402. The molecule has 0 saturated heterocycles. The van der Waals surface area contributed by atoms with E-state index in [9.17, 15) is 10.1 Å². The number of halogens is 1. The fourth-order valence-corrected chi connectivity index (χ4v) is 2.32. The van der Waals surface area contributed by atoms with Gasteiger partial charge in [0.05, 0.1) is 16.7 Å². The lowest BCUT2D eigenvalue weighted by Crippen LogP contribution is -2.42. The van der Waals surface area contributed by atoms with Crippen molar-refractivity contribution >= 4 is 27.3 Å². The van der Waals surface area contributed by atoms with Crippen molar-refractivity contribution < 1.29 is 4.92 Å². The fourth-order valence-electron chi connectivity index (χ4n) is 1.67. The summed E-state index contributed by atoms with van der Waals surface area (Å²) in [6.45, 7) is 1.88. The van der Waals surface area contributed by atoms with E-state index in [1.165, 1.54) is 18.6 Å². The van der Waals surface area contributed by atoms with E-state index in [0.717, 1.165) is 17.7 Å². The van der Waals surface area contributed by atoms with Crippen LogP contribution in [-0.4, -0.2) is 21.5 Å². The van der Waals surface area contributed by atoms with Crippen molar-refractivity contribution in [3.8, 4) is 0 Å². The predicted molar refractivity (Wildman–Crippen MR) is 74.2 cm³/mol. The number of hydrazone groups is 1. The molecule has 1 saturated carbocycles. The summed E-state index contributed by atoms with van der Waals surface area (Å²) < 4.78 is 0. The van der Waals surface area contributed by atoms with Gasteiger partial charge < -0.3 is 5.43 Å². The lowest BCUT2D eigenvalue weighted by Gasteiger charge is -2.31. The Balaban J connectivity index is 2.01. The third kappa shape index (κ3) is 2.87. The molecule has 1 unspecified atom stereocenters. The van der Waals surface area contributed by atoms with Crippen LogP contribution in [-0.2, 0) is 0 Å². The van der Waals surface area contributed by atoms with Crippen LogP contribution in [0.1, 0.15) is 25.3 Å². The van der Waals surface area contributed by atoms with E-state index < -0.39 is 4.92 Å². The van der Waals surface area contributed by atoms with E-state index >= 15 is 0 Å². The van der Waals surface area contributed by atoms with Crippen molar-refractivity contribution in [1.29, 1.82) is 0 Å². The topological polar surface area (TPSA) is 67.5 Å². The average Bonchev–Trinajstić information content (AvgIpc) is 2.37. The van der Waals surface area contributed by atoms with Crippen LogP contribution >= 0.6 is 15.9 Å². The third-order valence-electron chi connectivity index (χ3n) is 3.08. The summed E-state index contributed by atoms with van der Waals surface area (Å²) in [4.78, 5) is 10.6. The second-order valence-electron chi connectivity index (χ2n) is 4.33. The summed E-state index contributed by atoms with van der Waals surface area (Å²) in [5.74, 6) is 0. The highest BCUT2D eigenvalue weighted by Gasteiger charge is 2.27. The Morgan fingerprint density at radius 1 is 1.44 bits per heavy atom. The second-order valence-corrected chi connectivity index (χ2v) is 5.51. The summed E-state index contributed by atoms with van der Waals surface area (Å²) in [5.41, 5.74) is 4.93. The van der Waals surface area contributed by atoms with Crippen LogP contribution < -0.4 is 5.43 Å². The zero-order valence-electron chi connectivity index (χ0n) is 9.97. The minimum absolute atomic E-state index is 0.0963. The van der Waals surface area contributed by atoms with Gasteiger partial charge in [0, 0.05) is 17.0 Å². The predicted octanol–water partition coefficient (Wildman–Crippen LogP) is 2.83. The molecule has 0 amide bonds. The molecule has 1 N–H and O–H groups in total. The third-order valence-corrected chi connectivity index (χ3v) is 4.18. The molecule has 0 bridgehead atoms. The van der Waals surface area contributed by atoms with Gasteiger partial charge in [0.2, 0.25) is 0 Å². The number of hydrogen-bond acceptors (Lipinski definition) is 4. The van der Waals surface area contributed by atoms with Gasteiger partial charge in [-0.3, -0.25) is 10.1 Å². The molecule has 1 aromatic carbocycles. The molecule has 0 radical (unpaired) electrons. The van der Waals surface area contributed by atoms with Gasteiger partial charge in [0.25, 0.3) is 5.69 Å². The van der Waals surface area contributed by atoms with Gasteiger partial charge in [-0.2, -0.15) is 5.10 Å². The minimum atomic E-state index is -0.404. The minimum Gasteiger partial charge on any atom is -0.306 e. The number of nitrogens with zero attached hydrogens (tertiary/aromatic N) is 2. The Labute approximate surface area is 114 Å². The Morgan fingerprint density at radius 3 is 2.56 bits per heavy atom. The normalized spacial score (nSPS) is 23.3. The van der Waals surface area contributed by atoms with E-state index in [0.29, 0.717) is 10.9 Å². The van der Waals surface area contributed by atoms with Crippen molar-refractivity contribution in [3.63, 3.8) is 0 Å². The average molecular weight is 312 g/mol. The van der Waals surface area contributed by atoms with Crippen LogP contribution in [0.25, 0.3) is 0 Å². The van der Waals surface area contributed by atoms with Gasteiger partial charge in [-0.25, -0.2) is 0 Å². The lowest BCUT2D eigenvalue weighted by atomic mass is 9.94. The molecule has 0 heterocycles. The summed E-state index contributed by atoms with van der Waals surface area (Å²) >= 11 is 3.55. The molecule has 5 nitrogen and oxygen atoms in total. The molecule has 1 fully saturated rings. The van der Waals surface area contributed by atoms with E-state index in [2.05, 4.69) is 26.5 Å². The highest BCUT2D eigenvalue weighted by Crippen LogP contribution is 2.27. The number of nitro benzene ring substituents is 1. The smallest absolute Gasteiger partial charge is 0.269 e. The Bertz CT molecular complexity index is 473. The molecular formula is C12H14BrN3O2. The maximum absolute atomic E-state index is 10.5. The zero-order chi connectivity index (χ0) is 13.1. The molecule has 2 atom stereocenters. The van der Waals surface area contributed by atoms with Crippen LogP contribution in [0.15, 0.2) is 29.4 Å².